The second-order valence-corrected chi connectivity index (χ2v) is 14.8. The summed E-state index contributed by atoms with van der Waals surface area (Å²) in [6.45, 7) is 2.72. The molecule has 3 aromatic heterocycles. The van der Waals surface area contributed by atoms with E-state index in [0.717, 1.165) is 33.2 Å². The fourth-order valence-corrected chi connectivity index (χ4v) is 5.79. The molecule has 0 aliphatic carbocycles. The van der Waals surface area contributed by atoms with E-state index in [1.165, 1.54) is 29.6 Å². The van der Waals surface area contributed by atoms with Crippen molar-refractivity contribution in [1.29, 1.82) is 0 Å². The molecule has 3 aromatic carbocycles. The molecule has 0 aliphatic rings. The van der Waals surface area contributed by atoms with Crippen LogP contribution in [0.2, 0.25) is 19.6 Å². The molecule has 0 N–H and O–H groups in total. The van der Waals surface area contributed by atoms with Crippen molar-refractivity contribution in [1.82, 2.24) is 9.97 Å². The average molecular weight is 697 g/mol. The van der Waals surface area contributed by atoms with Crippen molar-refractivity contribution in [2.75, 3.05) is 0 Å². The first kappa shape index (κ1) is 20.6. The van der Waals surface area contributed by atoms with Crippen molar-refractivity contribution in [2.45, 2.75) is 33.3 Å². The van der Waals surface area contributed by atoms with Crippen molar-refractivity contribution < 1.29 is 32.7 Å². The molecule has 0 spiro atoms. The number of aryl methyl sites for hydroxylation is 2. The molecule has 6 aromatic rings. The van der Waals surface area contributed by atoms with Crippen LogP contribution in [0.15, 0.2) is 95.7 Å². The van der Waals surface area contributed by atoms with Gasteiger partial charge >= 0.3 is 0 Å². The number of hydrogen-bond acceptors (Lipinski definition) is 3. The van der Waals surface area contributed by atoms with E-state index in [-0.39, 0.29) is 31.2 Å². The van der Waals surface area contributed by atoms with E-state index in [1.807, 2.05) is 36.5 Å². The molecule has 6 rings (SSSR count). The van der Waals surface area contributed by atoms with Gasteiger partial charge in [0.1, 0.15) is 11.2 Å². The summed E-state index contributed by atoms with van der Waals surface area (Å²) in [6, 6.07) is 30.2. The fraction of sp³-hybridized carbons (Fsp3) is 0.152. The number of para-hydroxylation sites is 1. The van der Waals surface area contributed by atoms with Crippen molar-refractivity contribution >= 4 is 35.2 Å². The largest absolute Gasteiger partial charge is 0.457 e. The van der Waals surface area contributed by atoms with Gasteiger partial charge in [-0.3, -0.25) is 0 Å². The van der Waals surface area contributed by atoms with Crippen LogP contribution in [0.25, 0.3) is 44.5 Å². The van der Waals surface area contributed by atoms with Gasteiger partial charge in [-0.15, -0.1) is 70.4 Å². The minimum absolute atomic E-state index is 0. The first-order chi connectivity index (χ1) is 20.2. The Morgan fingerprint density at radius 1 is 0.816 bits per heavy atom. The second-order valence-electron chi connectivity index (χ2n) is 9.76. The third-order valence-corrected chi connectivity index (χ3v) is 8.07. The van der Waals surface area contributed by atoms with Crippen LogP contribution >= 0.6 is 0 Å². The van der Waals surface area contributed by atoms with Gasteiger partial charge in [-0.1, -0.05) is 56.8 Å². The number of pyridine rings is 2. The number of hydrogen-bond donors (Lipinski definition) is 0. The van der Waals surface area contributed by atoms with Crippen LogP contribution in [0.4, 0.5) is 0 Å². The zero-order valence-corrected chi connectivity index (χ0v) is 24.7. The van der Waals surface area contributed by atoms with Crippen molar-refractivity contribution in [3.8, 4) is 22.5 Å². The molecule has 38 heavy (non-hydrogen) atoms. The number of fused-ring (bicyclic) bond motifs is 3. The van der Waals surface area contributed by atoms with Crippen LogP contribution in [-0.4, -0.2) is 18.0 Å². The summed E-state index contributed by atoms with van der Waals surface area (Å²) in [4.78, 5) is 8.78. The summed E-state index contributed by atoms with van der Waals surface area (Å²) in [5.74, 6) is 0. The van der Waals surface area contributed by atoms with Crippen LogP contribution in [0.1, 0.15) is 19.4 Å². The Morgan fingerprint density at radius 3 is 2.34 bits per heavy atom. The molecule has 0 atom stereocenters. The van der Waals surface area contributed by atoms with Crippen LogP contribution in [0, 0.1) is 25.8 Å². The Hall–Kier alpha value is -3.37. The van der Waals surface area contributed by atoms with E-state index >= 15 is 0 Å². The number of aromatic nitrogens is 2. The molecule has 0 amide bonds. The minimum Gasteiger partial charge on any atom is -0.457 e. The monoisotopic (exact) mass is 697 g/mol. The maximum atomic E-state index is 7.28. The molecule has 3 heterocycles. The van der Waals surface area contributed by atoms with Crippen molar-refractivity contribution in [3.05, 3.63) is 115 Å². The minimum atomic E-state index is -2.18. The molecule has 0 aliphatic heterocycles. The zero-order chi connectivity index (χ0) is 31.0. The van der Waals surface area contributed by atoms with E-state index in [1.54, 1.807) is 12.1 Å². The number of nitrogens with zero attached hydrogens (tertiary/aromatic N) is 2. The third kappa shape index (κ3) is 5.86. The van der Waals surface area contributed by atoms with Gasteiger partial charge in [-0.25, -0.2) is 0 Å². The summed E-state index contributed by atoms with van der Waals surface area (Å²) in [5.41, 5.74) is 5.43. The summed E-state index contributed by atoms with van der Waals surface area (Å²) < 4.78 is 49.6. The molecule has 193 valence electrons. The molecule has 3 nitrogen and oxygen atoms in total. The maximum Gasteiger partial charge on any atom is 0.134 e. The molecule has 0 saturated carbocycles. The predicted octanol–water partition coefficient (Wildman–Crippen LogP) is 8.16. The zero-order valence-electron chi connectivity index (χ0n) is 27.3. The first-order valence-corrected chi connectivity index (χ1v) is 15.5. The number of furan rings is 1. The Bertz CT molecular complexity index is 1820. The summed E-state index contributed by atoms with van der Waals surface area (Å²) in [7, 11) is -1.50. The topological polar surface area (TPSA) is 38.9 Å². The summed E-state index contributed by atoms with van der Waals surface area (Å²) in [5, 5.41) is 3.58. The average Bonchev–Trinajstić information content (AvgIpc) is 3.35. The Morgan fingerprint density at radius 2 is 1.63 bits per heavy atom. The van der Waals surface area contributed by atoms with Gasteiger partial charge in [0.25, 0.3) is 0 Å². The molecule has 0 bridgehead atoms. The molecule has 0 saturated heterocycles. The van der Waals surface area contributed by atoms with E-state index in [9.17, 15) is 0 Å². The Labute approximate surface area is 247 Å². The molecule has 0 fully saturated rings. The SMILES string of the molecule is C[Si](C)(C)c1ccc[c-]c1-c1nccc2oc3ccccc3c12.[2H]C([2H])([2H])c1c[c-]c(-c2ccc(C([2H])([2H])[2H])cn2)cc1.[Ir]. The number of rotatable bonds is 3. The Balaban J connectivity index is 0.000000199. The van der Waals surface area contributed by atoms with Crippen molar-refractivity contribution in [2.24, 2.45) is 0 Å². The smallest absolute Gasteiger partial charge is 0.134 e. The second kappa shape index (κ2) is 11.6. The Kier molecular flexibility index (Phi) is 6.26. The van der Waals surface area contributed by atoms with Gasteiger partial charge in [0.05, 0.1) is 0 Å². The van der Waals surface area contributed by atoms with E-state index in [0.29, 0.717) is 11.3 Å². The molecular weight excluding hydrogens is 661 g/mol. The van der Waals surface area contributed by atoms with Gasteiger partial charge < -0.3 is 14.4 Å². The van der Waals surface area contributed by atoms with Gasteiger partial charge in [0, 0.05) is 59.6 Å². The summed E-state index contributed by atoms with van der Waals surface area (Å²) in [6.07, 6.45) is 3.13. The fourth-order valence-electron chi connectivity index (χ4n) is 4.25. The quantitative estimate of drug-likeness (QED) is 0.139. The van der Waals surface area contributed by atoms with Gasteiger partial charge in [-0.2, -0.15) is 0 Å². The standard InChI is InChI=1S/C20H18NOSi.C13H12N.Ir/c1-23(2,3)18-11-7-5-9-15(18)20-19-14-8-4-6-10-16(14)22-17(19)12-13-21-20;1-10-3-6-12(7-4-10)13-8-5-11(2)9-14-13;/h4-8,10-13H,1-3H3;3-6,8-9H,1-2H3;/q2*-1;/i;1D3,2D3;. The number of benzene rings is 3. The van der Waals surface area contributed by atoms with Gasteiger partial charge in [0.15, 0.2) is 0 Å². The van der Waals surface area contributed by atoms with E-state index < -0.39 is 21.8 Å². The predicted molar refractivity (Wildman–Crippen MR) is 157 cm³/mol. The maximum absolute atomic E-state index is 7.28. The molecule has 5 heteroatoms. The van der Waals surface area contributed by atoms with E-state index in [2.05, 4.69) is 55.0 Å². The van der Waals surface area contributed by atoms with E-state index in [4.69, 9.17) is 17.6 Å². The van der Waals surface area contributed by atoms with Crippen LogP contribution in [-0.2, 0) is 20.1 Å². The summed E-state index contributed by atoms with van der Waals surface area (Å²) >= 11 is 0. The van der Waals surface area contributed by atoms with Crippen LogP contribution in [0.3, 0.4) is 0 Å². The third-order valence-electron chi connectivity index (χ3n) is 6.04. The van der Waals surface area contributed by atoms with Crippen LogP contribution < -0.4 is 5.19 Å². The van der Waals surface area contributed by atoms with Crippen molar-refractivity contribution in [3.63, 3.8) is 0 Å². The van der Waals surface area contributed by atoms with Gasteiger partial charge in [-0.05, 0) is 35.9 Å². The van der Waals surface area contributed by atoms with Crippen LogP contribution in [0.5, 0.6) is 0 Å². The molecule has 0 unspecified atom stereocenters. The molecular formula is C33H30IrN2OSi-2. The normalized spacial score (nSPS) is 14.1. The molecule has 1 radical (unpaired) electrons. The first-order valence-electron chi connectivity index (χ1n) is 15.0. The van der Waals surface area contributed by atoms with Gasteiger partial charge in [0.2, 0.25) is 0 Å².